The van der Waals surface area contributed by atoms with E-state index < -0.39 is 29.4 Å². The number of ether oxygens (including phenoxy) is 1. The molecule has 2 amide bonds. The summed E-state index contributed by atoms with van der Waals surface area (Å²) >= 11 is 3.64. The van der Waals surface area contributed by atoms with Crippen LogP contribution in [0.5, 0.6) is 0 Å². The van der Waals surface area contributed by atoms with E-state index in [1.807, 2.05) is 17.0 Å². The highest BCUT2D eigenvalue weighted by Crippen LogP contribution is 2.52. The van der Waals surface area contributed by atoms with Gasteiger partial charge in [0.2, 0.25) is 11.8 Å². The predicted octanol–water partition coefficient (Wildman–Crippen LogP) is 8.16. The molecule has 3 aromatic carbocycles. The number of benzene rings is 3. The monoisotopic (exact) mass is 853 g/mol. The van der Waals surface area contributed by atoms with E-state index in [-0.39, 0.29) is 35.0 Å². The van der Waals surface area contributed by atoms with E-state index in [2.05, 4.69) is 55.0 Å². The highest BCUT2D eigenvalue weighted by atomic mass is 79.9. The topological polar surface area (TPSA) is 96.8 Å². The number of carbonyl (C=O) groups is 2. The molecule has 304 valence electrons. The van der Waals surface area contributed by atoms with E-state index in [9.17, 15) is 14.4 Å². The van der Waals surface area contributed by atoms with Gasteiger partial charge in [0.15, 0.2) is 0 Å². The molecule has 9 nitrogen and oxygen atoms in total. The average molecular weight is 855 g/mol. The van der Waals surface area contributed by atoms with Gasteiger partial charge in [-0.1, -0.05) is 37.5 Å². The van der Waals surface area contributed by atoms with Gasteiger partial charge in [0.1, 0.15) is 17.5 Å². The van der Waals surface area contributed by atoms with Crippen molar-refractivity contribution in [3.8, 4) is 5.69 Å². The first kappa shape index (κ1) is 38.2. The Morgan fingerprint density at radius 1 is 0.862 bits per heavy atom. The quantitative estimate of drug-likeness (QED) is 0.203. The second-order valence-corrected chi connectivity index (χ2v) is 18.8. The zero-order chi connectivity index (χ0) is 39.8. The molecule has 2 spiro atoms. The Morgan fingerprint density at radius 2 is 1.62 bits per heavy atom. The molecule has 0 bridgehead atoms. The van der Waals surface area contributed by atoms with E-state index in [1.54, 1.807) is 0 Å². The summed E-state index contributed by atoms with van der Waals surface area (Å²) in [6, 6.07) is 15.8. The lowest BCUT2D eigenvalue weighted by Gasteiger charge is -2.47. The summed E-state index contributed by atoms with van der Waals surface area (Å²) in [6.07, 6.45) is 11.7. The molecule has 6 heterocycles. The first-order valence-corrected chi connectivity index (χ1v) is 22.2. The average Bonchev–Trinajstić information content (AvgIpc) is 3.47. The molecule has 2 atom stereocenters. The molecule has 1 N–H and O–H groups in total. The van der Waals surface area contributed by atoms with Crippen molar-refractivity contribution >= 4 is 44.3 Å². The molecular weight excluding hydrogens is 804 g/mol. The molecule has 2 unspecified atom stereocenters. The molecule has 0 radical (unpaired) electrons. The number of anilines is 1. The van der Waals surface area contributed by atoms with Crippen LogP contribution < -0.4 is 15.8 Å². The van der Waals surface area contributed by atoms with Gasteiger partial charge in [0, 0.05) is 41.8 Å². The van der Waals surface area contributed by atoms with Crippen molar-refractivity contribution in [3.05, 3.63) is 97.5 Å². The zero-order valence-corrected chi connectivity index (χ0v) is 34.4. The van der Waals surface area contributed by atoms with Gasteiger partial charge in [-0.05, 0) is 140 Å². The van der Waals surface area contributed by atoms with Crippen LogP contribution in [0.4, 0.5) is 14.5 Å². The number of rotatable bonds is 5. The summed E-state index contributed by atoms with van der Waals surface area (Å²) in [7, 11) is 0. The fourth-order valence-corrected chi connectivity index (χ4v) is 12.0. The lowest BCUT2D eigenvalue weighted by atomic mass is 9.69. The number of halogens is 3. The second kappa shape index (κ2) is 14.9. The van der Waals surface area contributed by atoms with Crippen LogP contribution in [-0.2, 0) is 19.7 Å². The molecule has 4 aromatic rings. The molecule has 6 aliphatic rings. The second-order valence-electron chi connectivity index (χ2n) is 17.9. The van der Waals surface area contributed by atoms with E-state index in [1.165, 1.54) is 35.4 Å². The molecule has 12 heteroatoms. The van der Waals surface area contributed by atoms with Crippen LogP contribution in [0, 0.1) is 17.6 Å². The maximum absolute atomic E-state index is 15.3. The molecule has 1 aliphatic carbocycles. The van der Waals surface area contributed by atoms with Crippen molar-refractivity contribution in [3.63, 3.8) is 0 Å². The van der Waals surface area contributed by atoms with Gasteiger partial charge in [0.05, 0.1) is 40.1 Å². The summed E-state index contributed by atoms with van der Waals surface area (Å²) in [5, 5.41) is 2.85. The molecule has 1 saturated carbocycles. The Morgan fingerprint density at radius 3 is 2.33 bits per heavy atom. The number of nitrogens with zero attached hydrogens (tertiary/aromatic N) is 4. The van der Waals surface area contributed by atoms with E-state index in [0.29, 0.717) is 36.0 Å². The number of fused-ring (bicyclic) bond motifs is 7. The molecular formula is C46H50BrF2N5O4. The number of hydrogen-bond donors (Lipinski definition) is 1. The van der Waals surface area contributed by atoms with Crippen molar-refractivity contribution in [2.75, 3.05) is 44.2 Å². The van der Waals surface area contributed by atoms with Gasteiger partial charge in [-0.25, -0.2) is 8.78 Å². The van der Waals surface area contributed by atoms with E-state index in [0.717, 1.165) is 106 Å². The van der Waals surface area contributed by atoms with Crippen molar-refractivity contribution in [2.24, 2.45) is 5.92 Å². The maximum Gasteiger partial charge on any atom is 0.281 e. The highest BCUT2D eigenvalue weighted by Gasteiger charge is 2.47. The maximum atomic E-state index is 15.3. The molecule has 1 aromatic heterocycles. The highest BCUT2D eigenvalue weighted by molar-refractivity contribution is 9.10. The van der Waals surface area contributed by atoms with Crippen LogP contribution in [0.1, 0.15) is 118 Å². The molecule has 5 fully saturated rings. The SMILES string of the molecule is O=C1CCC(c2c(F)cc(N3CCC4(CCC(CN5CCC(c6ccc7c(c6)-n6c(nc(=O)c8c(Br)cccc86)C76CCCCC6)CC5)CO4)CC3)cc2F)C(=O)N1. The minimum atomic E-state index is -0.999. The number of aromatic nitrogens is 2. The minimum absolute atomic E-state index is 0.0678. The standard InChI is InChI=1S/C46H50BrF2N5O4/c47-34-5-4-6-37-41(34)43(57)51-44-46(14-2-1-3-15-46)33-9-7-30(23-38(33)54(37)44)29-12-19-52(20-13-29)26-28-11-16-45(58-27-28)17-21-53(22-18-45)31-24-35(48)40(36(49)25-31)32-8-10-39(55)50-42(32)56/h4-7,9,23-25,28-29,32H,1-3,8,10-22,26-27H2,(H,50,55,56). The van der Waals surface area contributed by atoms with Gasteiger partial charge in [-0.15, -0.1) is 0 Å². The Bertz CT molecular complexity index is 2330. The van der Waals surface area contributed by atoms with Gasteiger partial charge >= 0.3 is 0 Å². The summed E-state index contributed by atoms with van der Waals surface area (Å²) < 4.78 is 40.3. The van der Waals surface area contributed by atoms with E-state index >= 15 is 8.78 Å². The van der Waals surface area contributed by atoms with Crippen LogP contribution >= 0.6 is 15.9 Å². The number of carbonyl (C=O) groups excluding carboxylic acids is 2. The van der Waals surface area contributed by atoms with Crippen molar-refractivity contribution in [2.45, 2.75) is 106 Å². The smallest absolute Gasteiger partial charge is 0.281 e. The first-order valence-electron chi connectivity index (χ1n) is 21.4. The van der Waals surface area contributed by atoms with Gasteiger partial charge in [-0.2, -0.15) is 4.98 Å². The largest absolute Gasteiger partial charge is 0.375 e. The van der Waals surface area contributed by atoms with Crippen molar-refractivity contribution < 1.29 is 23.1 Å². The lowest BCUT2D eigenvalue weighted by molar-refractivity contribution is -0.134. The van der Waals surface area contributed by atoms with Crippen LogP contribution in [0.15, 0.2) is 57.8 Å². The van der Waals surface area contributed by atoms with Crippen molar-refractivity contribution in [1.29, 1.82) is 0 Å². The van der Waals surface area contributed by atoms with Crippen LogP contribution in [0.25, 0.3) is 16.6 Å². The van der Waals surface area contributed by atoms with Crippen molar-refractivity contribution in [1.82, 2.24) is 19.8 Å². The number of nitrogens with one attached hydrogen (secondary N) is 1. The first-order chi connectivity index (χ1) is 28.1. The van der Waals surface area contributed by atoms with Gasteiger partial charge in [-0.3, -0.25) is 24.3 Å². The Labute approximate surface area is 345 Å². The Balaban J connectivity index is 0.757. The number of imide groups is 1. The third-order valence-corrected chi connectivity index (χ3v) is 15.3. The summed E-state index contributed by atoms with van der Waals surface area (Å²) in [5.74, 6) is -1.65. The summed E-state index contributed by atoms with van der Waals surface area (Å²) in [4.78, 5) is 46.8. The molecule has 4 saturated heterocycles. The predicted molar refractivity (Wildman–Crippen MR) is 222 cm³/mol. The normalized spacial score (nSPS) is 24.6. The van der Waals surface area contributed by atoms with Crippen LogP contribution in [-0.4, -0.2) is 71.2 Å². The molecule has 58 heavy (non-hydrogen) atoms. The van der Waals surface area contributed by atoms with Gasteiger partial charge < -0.3 is 14.5 Å². The third kappa shape index (κ3) is 6.52. The zero-order valence-electron chi connectivity index (χ0n) is 32.8. The fourth-order valence-electron chi connectivity index (χ4n) is 11.5. The van der Waals surface area contributed by atoms with Gasteiger partial charge in [0.25, 0.3) is 5.56 Å². The summed E-state index contributed by atoms with van der Waals surface area (Å²) in [5.41, 5.74) is 4.53. The van der Waals surface area contributed by atoms with Crippen LogP contribution in [0.2, 0.25) is 0 Å². The molecule has 5 aliphatic heterocycles. The lowest BCUT2D eigenvalue weighted by Crippen LogP contribution is -2.50. The Hall–Kier alpha value is -4.00. The number of amides is 2. The number of likely N-dealkylation sites (tertiary alicyclic amines) is 1. The Kier molecular flexibility index (Phi) is 9.83. The number of piperidine rings is 3. The summed E-state index contributed by atoms with van der Waals surface area (Å²) in [6.45, 7) is 5.17. The van der Waals surface area contributed by atoms with Crippen LogP contribution in [0.3, 0.4) is 0 Å². The third-order valence-electron chi connectivity index (χ3n) is 14.7. The fraction of sp³-hybridized carbons (Fsp3) is 0.522. The number of hydrogen-bond acceptors (Lipinski definition) is 7. The molecule has 10 rings (SSSR count). The van der Waals surface area contributed by atoms with E-state index in [4.69, 9.17) is 9.72 Å². The minimum Gasteiger partial charge on any atom is -0.375 e.